The number of aliphatic hydroxyl groups is 2. The standard InChI is InChI=1S/C23H32O7/c1-6-17(25)30-19-18(12(2)3)16(24)9-23(27)21(4)8-7-13-14(10-28-20(13)26)15(21)11-29-22(19,23)5/h6,12,15-16,18-19,24,27H,1,7-11H2,2-5H3/t15-,16-,18?,19+,21-,22+,23+/m0/s1. The summed E-state index contributed by atoms with van der Waals surface area (Å²) in [5.74, 6) is -1.49. The molecule has 2 aliphatic carbocycles. The molecule has 2 heterocycles. The van der Waals surface area contributed by atoms with Crippen LogP contribution in [0.5, 0.6) is 0 Å². The van der Waals surface area contributed by atoms with E-state index in [1.165, 1.54) is 0 Å². The van der Waals surface area contributed by atoms with Gasteiger partial charge in [-0.3, -0.25) is 0 Å². The highest BCUT2D eigenvalue weighted by Gasteiger charge is 2.73. The highest BCUT2D eigenvalue weighted by atomic mass is 16.6. The van der Waals surface area contributed by atoms with Crippen LogP contribution in [0, 0.1) is 23.2 Å². The minimum Gasteiger partial charge on any atom is -0.458 e. The van der Waals surface area contributed by atoms with E-state index < -0.39 is 40.7 Å². The van der Waals surface area contributed by atoms with Crippen molar-refractivity contribution in [3.63, 3.8) is 0 Å². The fraction of sp³-hybridized carbons (Fsp3) is 0.739. The van der Waals surface area contributed by atoms with E-state index >= 15 is 0 Å². The van der Waals surface area contributed by atoms with Gasteiger partial charge in [0.1, 0.15) is 23.9 Å². The Morgan fingerprint density at radius 2 is 2.07 bits per heavy atom. The lowest BCUT2D eigenvalue weighted by molar-refractivity contribution is -0.349. The van der Waals surface area contributed by atoms with Gasteiger partial charge in [0, 0.05) is 35.3 Å². The average molecular weight is 421 g/mol. The Morgan fingerprint density at radius 1 is 1.37 bits per heavy atom. The van der Waals surface area contributed by atoms with Crippen molar-refractivity contribution in [1.82, 2.24) is 0 Å². The van der Waals surface area contributed by atoms with Crippen molar-refractivity contribution in [2.45, 2.75) is 70.4 Å². The molecule has 0 radical (unpaired) electrons. The van der Waals surface area contributed by atoms with E-state index in [9.17, 15) is 19.8 Å². The molecule has 1 unspecified atom stereocenters. The third-order valence-corrected chi connectivity index (χ3v) is 8.41. The minimum atomic E-state index is -1.47. The number of cyclic esters (lactones) is 1. The van der Waals surface area contributed by atoms with E-state index in [0.717, 1.165) is 11.6 Å². The molecule has 4 aliphatic rings. The summed E-state index contributed by atoms with van der Waals surface area (Å²) in [4.78, 5) is 24.3. The van der Waals surface area contributed by atoms with Crippen LogP contribution < -0.4 is 0 Å². The molecule has 2 aliphatic heterocycles. The lowest BCUT2D eigenvalue weighted by Crippen LogP contribution is -2.79. The molecule has 0 amide bonds. The summed E-state index contributed by atoms with van der Waals surface area (Å²) in [5, 5.41) is 23.4. The summed E-state index contributed by atoms with van der Waals surface area (Å²) in [6.07, 6.45) is 0.558. The first kappa shape index (κ1) is 21.5. The van der Waals surface area contributed by atoms with Gasteiger partial charge in [0.15, 0.2) is 0 Å². The van der Waals surface area contributed by atoms with Crippen molar-refractivity contribution in [1.29, 1.82) is 0 Å². The SMILES string of the molecule is C=CC(=O)O[C@@H]1C(C(C)C)[C@@H](O)C[C@@]2(O)[C@@]3(C)CCC4=C(COC4=O)[C@@H]3CO[C@]12C. The molecule has 30 heavy (non-hydrogen) atoms. The zero-order valence-electron chi connectivity index (χ0n) is 18.1. The van der Waals surface area contributed by atoms with Gasteiger partial charge >= 0.3 is 11.9 Å². The number of ether oxygens (including phenoxy) is 3. The molecule has 2 N–H and O–H groups in total. The minimum absolute atomic E-state index is 0.000333. The normalized spacial score (nSPS) is 45.4. The third kappa shape index (κ3) is 2.61. The van der Waals surface area contributed by atoms with E-state index in [1.54, 1.807) is 6.92 Å². The Morgan fingerprint density at radius 3 is 2.70 bits per heavy atom. The van der Waals surface area contributed by atoms with Gasteiger partial charge in [0.2, 0.25) is 0 Å². The summed E-state index contributed by atoms with van der Waals surface area (Å²) in [7, 11) is 0. The predicted molar refractivity (Wildman–Crippen MR) is 107 cm³/mol. The van der Waals surface area contributed by atoms with Crippen molar-refractivity contribution in [3.8, 4) is 0 Å². The Bertz CT molecular complexity index is 816. The number of carbonyl (C=O) groups excluding carboxylic acids is 2. The molecule has 7 nitrogen and oxygen atoms in total. The lowest BCUT2D eigenvalue weighted by Gasteiger charge is -2.67. The van der Waals surface area contributed by atoms with Crippen LogP contribution in [0.1, 0.15) is 47.0 Å². The molecule has 0 bridgehead atoms. The Kier molecular flexibility index (Phi) is 4.95. The maximum Gasteiger partial charge on any atom is 0.334 e. The number of rotatable bonds is 3. The van der Waals surface area contributed by atoms with E-state index in [-0.39, 0.29) is 37.4 Å². The molecule has 0 aromatic heterocycles. The smallest absolute Gasteiger partial charge is 0.334 e. The molecular weight excluding hydrogens is 388 g/mol. The van der Waals surface area contributed by atoms with E-state index in [2.05, 4.69) is 6.58 Å². The molecule has 166 valence electrons. The largest absolute Gasteiger partial charge is 0.458 e. The van der Waals surface area contributed by atoms with Crippen molar-refractivity contribution in [2.75, 3.05) is 13.2 Å². The van der Waals surface area contributed by atoms with Crippen molar-refractivity contribution >= 4 is 11.9 Å². The molecule has 1 saturated heterocycles. The van der Waals surface area contributed by atoms with Crippen LogP contribution in [-0.4, -0.2) is 58.8 Å². The second-order valence-electron chi connectivity index (χ2n) is 9.98. The van der Waals surface area contributed by atoms with Crippen molar-refractivity contribution in [2.24, 2.45) is 23.2 Å². The highest BCUT2D eigenvalue weighted by molar-refractivity contribution is 5.92. The van der Waals surface area contributed by atoms with Gasteiger partial charge in [-0.1, -0.05) is 27.4 Å². The summed E-state index contributed by atoms with van der Waals surface area (Å²) < 4.78 is 17.4. The average Bonchev–Trinajstić information content (AvgIpc) is 3.04. The van der Waals surface area contributed by atoms with E-state index in [4.69, 9.17) is 14.2 Å². The second-order valence-corrected chi connectivity index (χ2v) is 9.98. The van der Waals surface area contributed by atoms with Gasteiger partial charge in [-0.15, -0.1) is 0 Å². The van der Waals surface area contributed by atoms with Gasteiger partial charge in [0.05, 0.1) is 12.7 Å². The van der Waals surface area contributed by atoms with E-state index in [0.29, 0.717) is 18.4 Å². The highest BCUT2D eigenvalue weighted by Crippen LogP contribution is 2.64. The van der Waals surface area contributed by atoms with Crippen LogP contribution in [0.15, 0.2) is 23.8 Å². The molecule has 0 aromatic carbocycles. The van der Waals surface area contributed by atoms with Gasteiger partial charge in [0.25, 0.3) is 0 Å². The zero-order valence-corrected chi connectivity index (χ0v) is 18.1. The van der Waals surface area contributed by atoms with Crippen LogP contribution in [0.25, 0.3) is 0 Å². The zero-order chi connectivity index (χ0) is 22.1. The first-order chi connectivity index (χ1) is 14.0. The number of hydrogen-bond acceptors (Lipinski definition) is 7. The van der Waals surface area contributed by atoms with Gasteiger partial charge in [-0.05, 0) is 31.3 Å². The molecule has 1 saturated carbocycles. The van der Waals surface area contributed by atoms with Crippen LogP contribution in [0.2, 0.25) is 0 Å². The molecular formula is C23H32O7. The van der Waals surface area contributed by atoms with Gasteiger partial charge < -0.3 is 24.4 Å². The lowest BCUT2D eigenvalue weighted by atomic mass is 9.46. The van der Waals surface area contributed by atoms with Gasteiger partial charge in [-0.2, -0.15) is 0 Å². The summed E-state index contributed by atoms with van der Waals surface area (Å²) in [6.45, 7) is 11.7. The van der Waals surface area contributed by atoms with Crippen LogP contribution in [0.3, 0.4) is 0 Å². The molecule has 7 heteroatoms. The van der Waals surface area contributed by atoms with E-state index in [1.807, 2.05) is 20.8 Å². The first-order valence-electron chi connectivity index (χ1n) is 10.8. The molecule has 7 atom stereocenters. The van der Waals surface area contributed by atoms with Crippen LogP contribution in [-0.2, 0) is 23.8 Å². The van der Waals surface area contributed by atoms with Crippen molar-refractivity contribution < 1.29 is 34.0 Å². The first-order valence-corrected chi connectivity index (χ1v) is 10.8. The van der Waals surface area contributed by atoms with Gasteiger partial charge in [-0.25, -0.2) is 9.59 Å². The molecule has 4 rings (SSSR count). The Hall–Kier alpha value is -1.70. The quantitative estimate of drug-likeness (QED) is 0.531. The van der Waals surface area contributed by atoms with Crippen LogP contribution >= 0.6 is 0 Å². The monoisotopic (exact) mass is 420 g/mol. The topological polar surface area (TPSA) is 102 Å². The number of fused-ring (bicyclic) bond motifs is 4. The number of esters is 2. The number of carbonyl (C=O) groups is 2. The maximum absolute atomic E-state index is 12.3. The molecule has 0 spiro atoms. The second kappa shape index (κ2) is 6.90. The maximum atomic E-state index is 12.3. The summed E-state index contributed by atoms with van der Waals surface area (Å²) in [6, 6.07) is 0. The fourth-order valence-electron chi connectivity index (χ4n) is 6.61. The predicted octanol–water partition coefficient (Wildman–Crippen LogP) is 1.91. The van der Waals surface area contributed by atoms with Crippen molar-refractivity contribution in [3.05, 3.63) is 23.8 Å². The summed E-state index contributed by atoms with van der Waals surface area (Å²) >= 11 is 0. The fourth-order valence-corrected chi connectivity index (χ4v) is 6.61. The molecule has 2 fully saturated rings. The number of hydrogen-bond donors (Lipinski definition) is 2. The molecule has 0 aromatic rings. The Balaban J connectivity index is 1.81. The summed E-state index contributed by atoms with van der Waals surface area (Å²) in [5.41, 5.74) is -1.77. The number of aliphatic hydroxyl groups excluding tert-OH is 1. The Labute approximate surface area is 177 Å². The van der Waals surface area contributed by atoms with Crippen LogP contribution in [0.4, 0.5) is 0 Å². The third-order valence-electron chi connectivity index (χ3n) is 8.41.